The average Bonchev–Trinajstić information content (AvgIpc) is 2.81. The predicted octanol–water partition coefficient (Wildman–Crippen LogP) is 2.05. The zero-order valence-electron chi connectivity index (χ0n) is 6.51. The van der Waals surface area contributed by atoms with E-state index in [0.29, 0.717) is 5.76 Å². The van der Waals surface area contributed by atoms with Gasteiger partial charge in [0.25, 0.3) is 0 Å². The molecule has 0 aliphatic heterocycles. The van der Waals surface area contributed by atoms with Gasteiger partial charge in [-0.25, -0.2) is 0 Å². The lowest BCUT2D eigenvalue weighted by Crippen LogP contribution is -1.72. The highest BCUT2D eigenvalue weighted by atomic mass is 16.4. The van der Waals surface area contributed by atoms with E-state index >= 15 is 0 Å². The quantitative estimate of drug-likeness (QED) is 0.705. The van der Waals surface area contributed by atoms with Gasteiger partial charge in [-0.1, -0.05) is 0 Å². The van der Waals surface area contributed by atoms with Gasteiger partial charge >= 0.3 is 0 Å². The molecule has 1 N–H and O–H groups in total. The van der Waals surface area contributed by atoms with E-state index in [4.69, 9.17) is 9.52 Å². The highest BCUT2D eigenvalue weighted by Crippen LogP contribution is 1.96. The van der Waals surface area contributed by atoms with Crippen LogP contribution < -0.4 is 0 Å². The van der Waals surface area contributed by atoms with Crippen LogP contribution in [0.25, 0.3) is 0 Å². The van der Waals surface area contributed by atoms with Gasteiger partial charge in [0.15, 0.2) is 0 Å². The van der Waals surface area contributed by atoms with Crippen LogP contribution in [0.1, 0.15) is 5.76 Å². The standard InChI is InChI=1S/C5H6O2.C4H4O/c6-4-5-2-1-3-7-5;1-2-4-5-3-1/h1-3,6H,4H2;1-4H. The fourth-order valence-corrected chi connectivity index (χ4v) is 0.629. The number of rotatable bonds is 1. The van der Waals surface area contributed by atoms with Crippen molar-refractivity contribution < 1.29 is 13.9 Å². The fourth-order valence-electron chi connectivity index (χ4n) is 0.629. The van der Waals surface area contributed by atoms with Crippen molar-refractivity contribution in [2.45, 2.75) is 6.61 Å². The van der Waals surface area contributed by atoms with Gasteiger partial charge in [-0.3, -0.25) is 0 Å². The minimum atomic E-state index is -0.00694. The first-order valence-corrected chi connectivity index (χ1v) is 3.54. The van der Waals surface area contributed by atoms with Crippen LogP contribution in [0.5, 0.6) is 0 Å². The second-order valence-electron chi connectivity index (χ2n) is 2.03. The van der Waals surface area contributed by atoms with E-state index in [0.717, 1.165) is 0 Å². The Morgan fingerprint density at radius 1 is 1.08 bits per heavy atom. The maximum absolute atomic E-state index is 8.33. The zero-order valence-corrected chi connectivity index (χ0v) is 6.51. The number of hydrogen-bond donors (Lipinski definition) is 1. The maximum Gasteiger partial charge on any atom is 0.129 e. The fraction of sp³-hybridized carbons (Fsp3) is 0.111. The summed E-state index contributed by atoms with van der Waals surface area (Å²) in [4.78, 5) is 0. The van der Waals surface area contributed by atoms with Crippen molar-refractivity contribution in [1.29, 1.82) is 0 Å². The SMILES string of the molecule is OCc1ccco1.c1ccoc1. The summed E-state index contributed by atoms with van der Waals surface area (Å²) in [6.07, 6.45) is 4.78. The third-order valence-electron chi connectivity index (χ3n) is 1.16. The second kappa shape index (κ2) is 5.21. The summed E-state index contributed by atoms with van der Waals surface area (Å²) in [7, 11) is 0. The van der Waals surface area contributed by atoms with Gasteiger partial charge in [-0.2, -0.15) is 0 Å². The summed E-state index contributed by atoms with van der Waals surface area (Å²) in [6, 6.07) is 7.13. The molecule has 0 saturated heterocycles. The average molecular weight is 166 g/mol. The molecule has 0 aromatic carbocycles. The molecule has 2 heterocycles. The number of furan rings is 2. The molecule has 3 nitrogen and oxygen atoms in total. The van der Waals surface area contributed by atoms with Crippen LogP contribution in [0.3, 0.4) is 0 Å². The molecule has 2 aromatic rings. The van der Waals surface area contributed by atoms with E-state index in [1.54, 1.807) is 24.7 Å². The number of aliphatic hydroxyl groups is 1. The van der Waals surface area contributed by atoms with Crippen molar-refractivity contribution in [2.24, 2.45) is 0 Å². The Balaban J connectivity index is 0.000000127. The van der Waals surface area contributed by atoms with Crippen molar-refractivity contribution >= 4 is 0 Å². The Kier molecular flexibility index (Phi) is 3.74. The highest BCUT2D eigenvalue weighted by Gasteiger charge is 1.85. The summed E-state index contributed by atoms with van der Waals surface area (Å²) in [5.41, 5.74) is 0. The maximum atomic E-state index is 8.33. The van der Waals surface area contributed by atoms with Crippen molar-refractivity contribution in [1.82, 2.24) is 0 Å². The lowest BCUT2D eigenvalue weighted by Gasteiger charge is -1.79. The Morgan fingerprint density at radius 3 is 2.08 bits per heavy atom. The Labute approximate surface area is 70.2 Å². The number of aliphatic hydroxyl groups excluding tert-OH is 1. The molecule has 0 spiro atoms. The molecule has 64 valence electrons. The van der Waals surface area contributed by atoms with Gasteiger partial charge in [0.05, 0.1) is 18.8 Å². The molecule has 2 aromatic heterocycles. The van der Waals surface area contributed by atoms with Crippen LogP contribution in [-0.4, -0.2) is 5.11 Å². The van der Waals surface area contributed by atoms with E-state index < -0.39 is 0 Å². The monoisotopic (exact) mass is 166 g/mol. The van der Waals surface area contributed by atoms with E-state index in [2.05, 4.69) is 4.42 Å². The van der Waals surface area contributed by atoms with Gasteiger partial charge in [0, 0.05) is 0 Å². The molecule has 2 rings (SSSR count). The molecule has 12 heavy (non-hydrogen) atoms. The molecule has 3 heteroatoms. The first-order chi connectivity index (χ1) is 5.93. The molecule has 0 saturated carbocycles. The van der Waals surface area contributed by atoms with Gasteiger partial charge in [-0.15, -0.1) is 0 Å². The molecule has 0 radical (unpaired) electrons. The molecule has 0 unspecified atom stereocenters. The largest absolute Gasteiger partial charge is 0.473 e. The lowest BCUT2D eigenvalue weighted by atomic mass is 10.5. The van der Waals surface area contributed by atoms with Crippen LogP contribution in [0.4, 0.5) is 0 Å². The topological polar surface area (TPSA) is 46.5 Å². The molecule has 0 bridgehead atoms. The van der Waals surface area contributed by atoms with Crippen LogP contribution in [-0.2, 0) is 6.61 Å². The van der Waals surface area contributed by atoms with E-state index in [1.807, 2.05) is 12.1 Å². The van der Waals surface area contributed by atoms with E-state index in [9.17, 15) is 0 Å². The van der Waals surface area contributed by atoms with Gasteiger partial charge in [0.1, 0.15) is 12.4 Å². The molecular weight excluding hydrogens is 156 g/mol. The molecule has 0 amide bonds. The predicted molar refractivity (Wildman–Crippen MR) is 43.3 cm³/mol. The lowest BCUT2D eigenvalue weighted by molar-refractivity contribution is 0.247. The van der Waals surface area contributed by atoms with Crippen molar-refractivity contribution in [3.63, 3.8) is 0 Å². The van der Waals surface area contributed by atoms with Gasteiger partial charge < -0.3 is 13.9 Å². The molecule has 0 aliphatic carbocycles. The van der Waals surface area contributed by atoms with E-state index in [-0.39, 0.29) is 6.61 Å². The summed E-state index contributed by atoms with van der Waals surface area (Å²) in [5.74, 6) is 0.611. The van der Waals surface area contributed by atoms with Crippen molar-refractivity contribution in [3.05, 3.63) is 48.8 Å². The summed E-state index contributed by atoms with van der Waals surface area (Å²) >= 11 is 0. The van der Waals surface area contributed by atoms with Crippen LogP contribution in [0.2, 0.25) is 0 Å². The molecule has 0 fully saturated rings. The highest BCUT2D eigenvalue weighted by molar-refractivity contribution is 4.95. The molecule has 0 aliphatic rings. The molecular formula is C9H10O3. The minimum Gasteiger partial charge on any atom is -0.473 e. The number of hydrogen-bond acceptors (Lipinski definition) is 3. The first-order valence-electron chi connectivity index (χ1n) is 3.54. The second-order valence-corrected chi connectivity index (χ2v) is 2.03. The van der Waals surface area contributed by atoms with Crippen LogP contribution in [0, 0.1) is 0 Å². The third-order valence-corrected chi connectivity index (χ3v) is 1.16. The normalized spacial score (nSPS) is 8.75. The summed E-state index contributed by atoms with van der Waals surface area (Å²) in [6.45, 7) is -0.00694. The Bertz CT molecular complexity index is 241. The first kappa shape index (κ1) is 8.62. The van der Waals surface area contributed by atoms with Crippen molar-refractivity contribution in [2.75, 3.05) is 0 Å². The van der Waals surface area contributed by atoms with E-state index in [1.165, 1.54) is 6.26 Å². The van der Waals surface area contributed by atoms with Gasteiger partial charge in [-0.05, 0) is 24.3 Å². The smallest absolute Gasteiger partial charge is 0.129 e. The summed E-state index contributed by atoms with van der Waals surface area (Å²) in [5, 5.41) is 8.33. The zero-order chi connectivity index (χ0) is 8.65. The summed E-state index contributed by atoms with van der Waals surface area (Å²) < 4.78 is 9.32. The minimum absolute atomic E-state index is 0.00694. The molecule has 0 atom stereocenters. The Morgan fingerprint density at radius 2 is 1.83 bits per heavy atom. The van der Waals surface area contributed by atoms with Gasteiger partial charge in [0.2, 0.25) is 0 Å². The van der Waals surface area contributed by atoms with Crippen molar-refractivity contribution in [3.8, 4) is 0 Å². The Hall–Kier alpha value is -1.48. The van der Waals surface area contributed by atoms with Crippen LogP contribution in [0.15, 0.2) is 51.9 Å². The third kappa shape index (κ3) is 3.07. The van der Waals surface area contributed by atoms with Crippen LogP contribution >= 0.6 is 0 Å².